The highest BCUT2D eigenvalue weighted by Crippen LogP contribution is 2.55. The Morgan fingerprint density at radius 1 is 1.33 bits per heavy atom. The number of nitrogens with zero attached hydrogens (tertiary/aromatic N) is 1. The topological polar surface area (TPSA) is 54.6 Å². The van der Waals surface area contributed by atoms with Crippen LogP contribution in [0.3, 0.4) is 0 Å². The Balaban J connectivity index is 1.72. The molecule has 0 spiro atoms. The Bertz CT molecular complexity index is 876. The number of piperidine rings is 2. The quantitative estimate of drug-likeness (QED) is 0.843. The number of aromatic amines is 1. The molecule has 1 saturated carbocycles. The van der Waals surface area contributed by atoms with E-state index in [0.717, 1.165) is 50.2 Å². The van der Waals surface area contributed by atoms with Gasteiger partial charge in [-0.25, -0.2) is 0 Å². The molecule has 144 valence electrons. The number of para-hydroxylation sites is 1. The van der Waals surface area contributed by atoms with Gasteiger partial charge in [0.25, 0.3) is 0 Å². The summed E-state index contributed by atoms with van der Waals surface area (Å²) >= 11 is 0. The van der Waals surface area contributed by atoms with Gasteiger partial charge in [0.1, 0.15) is 5.41 Å². The number of hydrogen-bond donors (Lipinski definition) is 1. The molecular weight excluding hydrogens is 340 g/mol. The summed E-state index contributed by atoms with van der Waals surface area (Å²) in [5, 5.41) is 1.26. The SMILES string of the molecule is COCC[C@H]1C[C@H]2CN3CCc4c([nH]c5ccccc45)[C@](C(=O)OC)(C2)C13. The van der Waals surface area contributed by atoms with Gasteiger partial charge in [-0.1, -0.05) is 18.2 Å². The first-order valence-corrected chi connectivity index (χ1v) is 10.1. The van der Waals surface area contributed by atoms with E-state index in [4.69, 9.17) is 9.47 Å². The van der Waals surface area contributed by atoms with E-state index in [1.54, 1.807) is 14.2 Å². The van der Waals surface area contributed by atoms with Crippen LogP contribution < -0.4 is 0 Å². The zero-order valence-corrected chi connectivity index (χ0v) is 16.2. The van der Waals surface area contributed by atoms with Crippen LogP contribution in [0.2, 0.25) is 0 Å². The number of nitrogens with one attached hydrogen (secondary N) is 1. The molecule has 0 amide bonds. The van der Waals surface area contributed by atoms with E-state index in [1.807, 2.05) is 0 Å². The fourth-order valence-corrected chi connectivity index (χ4v) is 6.42. The number of carbonyl (C=O) groups excluding carboxylic acids is 1. The molecule has 2 unspecified atom stereocenters. The van der Waals surface area contributed by atoms with Crippen molar-refractivity contribution in [1.29, 1.82) is 0 Å². The van der Waals surface area contributed by atoms with Crippen molar-refractivity contribution in [2.75, 3.05) is 33.9 Å². The van der Waals surface area contributed by atoms with Crippen LogP contribution in [0.25, 0.3) is 10.9 Å². The van der Waals surface area contributed by atoms with E-state index >= 15 is 0 Å². The molecular formula is C22H28N2O3. The molecule has 4 bridgehead atoms. The highest BCUT2D eigenvalue weighted by Gasteiger charge is 2.62. The van der Waals surface area contributed by atoms with Crippen molar-refractivity contribution in [3.05, 3.63) is 35.5 Å². The van der Waals surface area contributed by atoms with Crippen LogP contribution in [0.15, 0.2) is 24.3 Å². The zero-order valence-electron chi connectivity index (χ0n) is 16.2. The van der Waals surface area contributed by atoms with Crippen molar-refractivity contribution < 1.29 is 14.3 Å². The molecule has 1 N–H and O–H groups in total. The van der Waals surface area contributed by atoms with Crippen molar-refractivity contribution >= 4 is 16.9 Å². The Hall–Kier alpha value is -1.85. The van der Waals surface area contributed by atoms with Crippen LogP contribution in [-0.4, -0.2) is 55.8 Å². The molecule has 4 aliphatic rings. The molecule has 6 rings (SSSR count). The standard InChI is InChI=1S/C22H28N2O3/c1-26-10-8-15-11-14-12-22(21(25)27-2)19-17(7-9-24(13-14)20(15)22)16-5-3-4-6-18(16)23-19/h3-6,14-15,20,23H,7-13H2,1-2H3/t14-,15+,20?,22-/m1/s1. The first-order chi connectivity index (χ1) is 13.2. The third-order valence-electron chi connectivity index (χ3n) is 7.24. The molecule has 27 heavy (non-hydrogen) atoms. The van der Waals surface area contributed by atoms with Gasteiger partial charge in [0.05, 0.1) is 7.11 Å². The predicted octanol–water partition coefficient (Wildman–Crippen LogP) is 2.88. The number of esters is 1. The second-order valence-corrected chi connectivity index (χ2v) is 8.52. The summed E-state index contributed by atoms with van der Waals surface area (Å²) in [7, 11) is 3.31. The lowest BCUT2D eigenvalue weighted by Crippen LogP contribution is -2.67. The first kappa shape index (κ1) is 17.3. The Morgan fingerprint density at radius 3 is 3.00 bits per heavy atom. The van der Waals surface area contributed by atoms with E-state index in [1.165, 1.54) is 17.4 Å². The maximum atomic E-state index is 13.4. The number of methoxy groups -OCH3 is 2. The third kappa shape index (κ3) is 2.34. The largest absolute Gasteiger partial charge is 0.468 e. The summed E-state index contributed by atoms with van der Waals surface area (Å²) < 4.78 is 10.9. The Morgan fingerprint density at radius 2 is 2.19 bits per heavy atom. The second kappa shape index (κ2) is 6.35. The highest BCUT2D eigenvalue weighted by atomic mass is 16.5. The lowest BCUT2D eigenvalue weighted by atomic mass is 9.56. The fourth-order valence-electron chi connectivity index (χ4n) is 6.42. The Kier molecular flexibility index (Phi) is 4.06. The van der Waals surface area contributed by atoms with Gasteiger partial charge in [-0.05, 0) is 49.1 Å². The zero-order chi connectivity index (χ0) is 18.6. The molecule has 3 fully saturated rings. The summed E-state index contributed by atoms with van der Waals surface area (Å²) in [6.45, 7) is 2.87. The van der Waals surface area contributed by atoms with E-state index in [-0.39, 0.29) is 12.0 Å². The van der Waals surface area contributed by atoms with E-state index in [0.29, 0.717) is 11.8 Å². The Labute approximate surface area is 160 Å². The molecule has 0 radical (unpaired) electrons. The summed E-state index contributed by atoms with van der Waals surface area (Å²) in [5.41, 5.74) is 2.99. The third-order valence-corrected chi connectivity index (χ3v) is 7.24. The van der Waals surface area contributed by atoms with Gasteiger partial charge in [-0.15, -0.1) is 0 Å². The van der Waals surface area contributed by atoms with Gasteiger partial charge >= 0.3 is 5.97 Å². The summed E-state index contributed by atoms with van der Waals surface area (Å²) in [4.78, 5) is 19.7. The molecule has 1 aliphatic carbocycles. The van der Waals surface area contributed by atoms with Crippen LogP contribution in [-0.2, 0) is 26.1 Å². The smallest absolute Gasteiger partial charge is 0.319 e. The van der Waals surface area contributed by atoms with Gasteiger partial charge < -0.3 is 14.5 Å². The molecule has 5 heteroatoms. The van der Waals surface area contributed by atoms with Crippen molar-refractivity contribution in [2.24, 2.45) is 11.8 Å². The minimum Gasteiger partial charge on any atom is -0.468 e. The number of rotatable bonds is 4. The van der Waals surface area contributed by atoms with Gasteiger partial charge in [-0.2, -0.15) is 0 Å². The van der Waals surface area contributed by atoms with Crippen LogP contribution in [0.4, 0.5) is 0 Å². The first-order valence-electron chi connectivity index (χ1n) is 10.1. The van der Waals surface area contributed by atoms with E-state index in [2.05, 4.69) is 34.1 Å². The average molecular weight is 368 g/mol. The molecule has 5 nitrogen and oxygen atoms in total. The minimum atomic E-state index is -0.584. The predicted molar refractivity (Wildman–Crippen MR) is 104 cm³/mol. The molecule has 1 aromatic heterocycles. The molecule has 5 atom stereocenters. The number of benzene rings is 1. The average Bonchev–Trinajstić information content (AvgIpc) is 3.04. The molecule has 2 saturated heterocycles. The van der Waals surface area contributed by atoms with Crippen molar-refractivity contribution in [2.45, 2.75) is 37.1 Å². The maximum Gasteiger partial charge on any atom is 0.319 e. The lowest BCUT2D eigenvalue weighted by molar-refractivity contribution is -0.162. The van der Waals surface area contributed by atoms with Crippen LogP contribution in [0.1, 0.15) is 30.5 Å². The van der Waals surface area contributed by atoms with Crippen LogP contribution in [0, 0.1) is 11.8 Å². The van der Waals surface area contributed by atoms with Crippen molar-refractivity contribution in [3.63, 3.8) is 0 Å². The summed E-state index contributed by atoms with van der Waals surface area (Å²) in [5.74, 6) is 0.932. The van der Waals surface area contributed by atoms with Crippen LogP contribution in [0.5, 0.6) is 0 Å². The number of carbonyl (C=O) groups is 1. The van der Waals surface area contributed by atoms with Crippen LogP contribution >= 0.6 is 0 Å². The molecule has 1 aromatic carbocycles. The highest BCUT2D eigenvalue weighted by molar-refractivity contribution is 5.91. The second-order valence-electron chi connectivity index (χ2n) is 8.52. The number of ether oxygens (including phenoxy) is 2. The molecule has 4 heterocycles. The summed E-state index contributed by atoms with van der Waals surface area (Å²) in [6, 6.07) is 8.65. The van der Waals surface area contributed by atoms with Gasteiger partial charge in [0, 0.05) is 49.4 Å². The normalized spacial score (nSPS) is 34.3. The minimum absolute atomic E-state index is 0.0703. The van der Waals surface area contributed by atoms with Gasteiger partial charge in [0.15, 0.2) is 0 Å². The van der Waals surface area contributed by atoms with E-state index < -0.39 is 5.41 Å². The fraction of sp³-hybridized carbons (Fsp3) is 0.591. The summed E-state index contributed by atoms with van der Waals surface area (Å²) in [6.07, 6.45) is 4.07. The lowest BCUT2D eigenvalue weighted by Gasteiger charge is -2.58. The van der Waals surface area contributed by atoms with Gasteiger partial charge in [-0.3, -0.25) is 9.69 Å². The maximum absolute atomic E-state index is 13.4. The van der Waals surface area contributed by atoms with Gasteiger partial charge in [0.2, 0.25) is 0 Å². The molecule has 3 aliphatic heterocycles. The molecule has 2 aromatic rings. The van der Waals surface area contributed by atoms with Crippen molar-refractivity contribution in [3.8, 4) is 0 Å². The monoisotopic (exact) mass is 368 g/mol. The van der Waals surface area contributed by atoms with E-state index in [9.17, 15) is 4.79 Å². The number of H-pyrrole nitrogens is 1. The number of fused-ring (bicyclic) bond motifs is 4. The number of hydrogen-bond acceptors (Lipinski definition) is 4. The number of aromatic nitrogens is 1. The van der Waals surface area contributed by atoms with Crippen molar-refractivity contribution in [1.82, 2.24) is 9.88 Å².